The lowest BCUT2D eigenvalue weighted by molar-refractivity contribution is -0.126. The summed E-state index contributed by atoms with van der Waals surface area (Å²) in [4.78, 5) is 26.2. The Kier molecular flexibility index (Phi) is 4.94. The summed E-state index contributed by atoms with van der Waals surface area (Å²) in [6, 6.07) is 5.15. The van der Waals surface area contributed by atoms with Crippen molar-refractivity contribution in [3.63, 3.8) is 0 Å². The smallest absolute Gasteiger partial charge is 0.227 e. The molecule has 2 amide bonds. The summed E-state index contributed by atoms with van der Waals surface area (Å²) in [5.41, 5.74) is 1.58. The second kappa shape index (κ2) is 7.14. The van der Waals surface area contributed by atoms with Crippen LogP contribution in [0.4, 0.5) is 5.69 Å². The molecule has 1 N–H and O–H groups in total. The van der Waals surface area contributed by atoms with Gasteiger partial charge < -0.3 is 15.0 Å². The number of ether oxygens (including phenoxy) is 1. The standard InChI is InChI=1S/C17H19ClN4O3/c1-21-9-11(8-20-21)7-19-17(24)12-5-16(23)22(10-12)13-3-4-15(25-2)14(18)6-13/h3-4,6,8-9,12H,5,7,10H2,1-2H3,(H,19,24). The van der Waals surface area contributed by atoms with Crippen LogP contribution in [0.15, 0.2) is 30.6 Å². The van der Waals surface area contributed by atoms with Crippen molar-refractivity contribution in [2.75, 3.05) is 18.6 Å². The summed E-state index contributed by atoms with van der Waals surface area (Å²) in [5.74, 6) is -0.0741. The number of hydrogen-bond acceptors (Lipinski definition) is 4. The summed E-state index contributed by atoms with van der Waals surface area (Å²) in [5, 5.41) is 7.35. The van der Waals surface area contributed by atoms with E-state index in [4.69, 9.17) is 16.3 Å². The van der Waals surface area contributed by atoms with Gasteiger partial charge in [0.1, 0.15) is 5.75 Å². The van der Waals surface area contributed by atoms with E-state index in [1.807, 2.05) is 13.2 Å². The second-order valence-electron chi connectivity index (χ2n) is 5.96. The molecule has 1 saturated heterocycles. The summed E-state index contributed by atoms with van der Waals surface area (Å²) in [6.07, 6.45) is 3.72. The lowest BCUT2D eigenvalue weighted by Crippen LogP contribution is -2.32. The number of nitrogens with zero attached hydrogens (tertiary/aromatic N) is 3. The fourth-order valence-corrected chi connectivity index (χ4v) is 3.10. The highest BCUT2D eigenvalue weighted by molar-refractivity contribution is 6.32. The van der Waals surface area contributed by atoms with E-state index in [1.165, 1.54) is 7.11 Å². The summed E-state index contributed by atoms with van der Waals surface area (Å²) in [6.45, 7) is 0.728. The summed E-state index contributed by atoms with van der Waals surface area (Å²) < 4.78 is 6.79. The Morgan fingerprint density at radius 3 is 2.92 bits per heavy atom. The van der Waals surface area contributed by atoms with E-state index in [1.54, 1.807) is 34.0 Å². The Bertz CT molecular complexity index is 805. The first-order valence-corrected chi connectivity index (χ1v) is 8.25. The number of benzene rings is 1. The molecule has 1 aliphatic rings. The molecule has 1 aromatic carbocycles. The predicted octanol–water partition coefficient (Wildman–Crippen LogP) is 1.75. The van der Waals surface area contributed by atoms with Crippen molar-refractivity contribution in [3.05, 3.63) is 41.2 Å². The van der Waals surface area contributed by atoms with E-state index in [2.05, 4.69) is 10.4 Å². The van der Waals surface area contributed by atoms with Crippen LogP contribution in [0, 0.1) is 5.92 Å². The van der Waals surface area contributed by atoms with Crippen LogP contribution in [-0.2, 0) is 23.2 Å². The van der Waals surface area contributed by atoms with Crippen LogP contribution in [0.1, 0.15) is 12.0 Å². The average molecular weight is 363 g/mol. The molecule has 1 unspecified atom stereocenters. The van der Waals surface area contributed by atoms with Gasteiger partial charge in [0.25, 0.3) is 0 Å². The molecule has 1 atom stereocenters. The molecule has 3 rings (SSSR count). The highest BCUT2D eigenvalue weighted by Gasteiger charge is 2.35. The van der Waals surface area contributed by atoms with Crippen molar-refractivity contribution >= 4 is 29.1 Å². The Hall–Kier alpha value is -2.54. The molecular formula is C17H19ClN4O3. The minimum atomic E-state index is -0.384. The maximum atomic E-state index is 12.4. The van der Waals surface area contributed by atoms with Crippen molar-refractivity contribution < 1.29 is 14.3 Å². The van der Waals surface area contributed by atoms with Gasteiger partial charge in [-0.25, -0.2) is 0 Å². The normalized spacial score (nSPS) is 17.0. The number of amides is 2. The molecule has 132 valence electrons. The van der Waals surface area contributed by atoms with E-state index >= 15 is 0 Å². The number of halogens is 1. The Labute approximate surface area is 150 Å². The molecule has 0 radical (unpaired) electrons. The number of anilines is 1. The molecule has 7 nitrogen and oxygen atoms in total. The number of aromatic nitrogens is 2. The monoisotopic (exact) mass is 362 g/mol. The van der Waals surface area contributed by atoms with Crippen LogP contribution in [0.2, 0.25) is 5.02 Å². The molecule has 2 aromatic rings. The van der Waals surface area contributed by atoms with Crippen molar-refractivity contribution in [1.82, 2.24) is 15.1 Å². The second-order valence-corrected chi connectivity index (χ2v) is 6.37. The average Bonchev–Trinajstić information content (AvgIpc) is 3.18. The Morgan fingerprint density at radius 1 is 1.48 bits per heavy atom. The van der Waals surface area contributed by atoms with E-state index in [9.17, 15) is 9.59 Å². The van der Waals surface area contributed by atoms with Crippen molar-refractivity contribution in [3.8, 4) is 5.75 Å². The largest absolute Gasteiger partial charge is 0.495 e. The quantitative estimate of drug-likeness (QED) is 0.879. The number of nitrogens with one attached hydrogen (secondary N) is 1. The Balaban J connectivity index is 1.63. The molecule has 1 aromatic heterocycles. The van der Waals surface area contributed by atoms with Crippen molar-refractivity contribution in [2.45, 2.75) is 13.0 Å². The number of carbonyl (C=O) groups excluding carboxylic acids is 2. The molecule has 1 aliphatic heterocycles. The maximum Gasteiger partial charge on any atom is 0.227 e. The zero-order chi connectivity index (χ0) is 18.0. The van der Waals surface area contributed by atoms with Gasteiger partial charge in [-0.1, -0.05) is 11.6 Å². The van der Waals surface area contributed by atoms with Crippen molar-refractivity contribution in [1.29, 1.82) is 0 Å². The van der Waals surface area contributed by atoms with Crippen LogP contribution in [0.5, 0.6) is 5.75 Å². The summed E-state index contributed by atoms with van der Waals surface area (Å²) in [7, 11) is 3.35. The molecule has 2 heterocycles. The van der Waals surface area contributed by atoms with Gasteiger partial charge in [0.2, 0.25) is 11.8 Å². The van der Waals surface area contributed by atoms with Crippen molar-refractivity contribution in [2.24, 2.45) is 13.0 Å². The topological polar surface area (TPSA) is 76.5 Å². The van der Waals surface area contributed by atoms with E-state index in [-0.39, 0.29) is 24.2 Å². The molecule has 25 heavy (non-hydrogen) atoms. The number of methoxy groups -OCH3 is 1. The van der Waals surface area contributed by atoms with Gasteiger partial charge in [-0.2, -0.15) is 5.10 Å². The third-order valence-corrected chi connectivity index (χ3v) is 4.46. The highest BCUT2D eigenvalue weighted by atomic mass is 35.5. The first kappa shape index (κ1) is 17.3. The van der Waals surface area contributed by atoms with E-state index in [0.29, 0.717) is 29.5 Å². The minimum Gasteiger partial charge on any atom is -0.495 e. The lowest BCUT2D eigenvalue weighted by atomic mass is 10.1. The first-order valence-electron chi connectivity index (χ1n) is 7.87. The van der Waals surface area contributed by atoms with Crippen LogP contribution in [0.25, 0.3) is 0 Å². The molecule has 0 aliphatic carbocycles. The third kappa shape index (κ3) is 3.76. The number of rotatable bonds is 5. The van der Waals surface area contributed by atoms with E-state index in [0.717, 1.165) is 5.56 Å². The molecule has 0 spiro atoms. The SMILES string of the molecule is COc1ccc(N2CC(C(=O)NCc3cnn(C)c3)CC2=O)cc1Cl. The van der Waals surface area contributed by atoms with Gasteiger partial charge >= 0.3 is 0 Å². The number of aryl methyl sites for hydroxylation is 1. The zero-order valence-corrected chi connectivity index (χ0v) is 14.8. The van der Waals surface area contributed by atoms with Gasteiger partial charge in [0.15, 0.2) is 0 Å². The fraction of sp³-hybridized carbons (Fsp3) is 0.353. The summed E-state index contributed by atoms with van der Waals surface area (Å²) >= 11 is 6.12. The molecule has 0 bridgehead atoms. The fourth-order valence-electron chi connectivity index (χ4n) is 2.85. The van der Waals surface area contributed by atoms with Crippen LogP contribution >= 0.6 is 11.6 Å². The van der Waals surface area contributed by atoms with Gasteiger partial charge in [-0.05, 0) is 18.2 Å². The number of carbonyl (C=O) groups is 2. The number of hydrogen-bond donors (Lipinski definition) is 1. The molecule has 8 heteroatoms. The maximum absolute atomic E-state index is 12.4. The molecule has 1 fully saturated rings. The lowest BCUT2D eigenvalue weighted by Gasteiger charge is -2.17. The first-order chi connectivity index (χ1) is 12.0. The molecule has 0 saturated carbocycles. The van der Waals surface area contributed by atoms with E-state index < -0.39 is 0 Å². The Morgan fingerprint density at radius 2 is 2.28 bits per heavy atom. The van der Waals surface area contributed by atoms with Gasteiger partial charge in [-0.3, -0.25) is 14.3 Å². The van der Waals surface area contributed by atoms with Crippen LogP contribution in [-0.4, -0.2) is 35.2 Å². The highest BCUT2D eigenvalue weighted by Crippen LogP contribution is 2.32. The van der Waals surface area contributed by atoms with Crippen LogP contribution < -0.4 is 15.0 Å². The minimum absolute atomic E-state index is 0.0947. The predicted molar refractivity (Wildman–Crippen MR) is 93.5 cm³/mol. The third-order valence-electron chi connectivity index (χ3n) is 4.17. The zero-order valence-electron chi connectivity index (χ0n) is 14.0. The van der Waals surface area contributed by atoms with Crippen LogP contribution in [0.3, 0.4) is 0 Å². The van der Waals surface area contributed by atoms with Gasteiger partial charge in [-0.15, -0.1) is 0 Å². The molecular weight excluding hydrogens is 344 g/mol. The van der Waals surface area contributed by atoms with Gasteiger partial charge in [0, 0.05) is 44.0 Å². The van der Waals surface area contributed by atoms with Gasteiger partial charge in [0.05, 0.1) is 24.2 Å².